The minimum absolute atomic E-state index is 0.0187. The minimum Gasteiger partial charge on any atom is -0.490 e. The molecule has 2 aromatic rings. The van der Waals surface area contributed by atoms with E-state index in [1.165, 1.54) is 25.3 Å². The zero-order valence-electron chi connectivity index (χ0n) is 27.1. The van der Waals surface area contributed by atoms with Crippen molar-refractivity contribution in [2.24, 2.45) is 17.3 Å². The van der Waals surface area contributed by atoms with E-state index in [0.29, 0.717) is 24.6 Å². The van der Waals surface area contributed by atoms with E-state index < -0.39 is 17.7 Å². The Labute approximate surface area is 276 Å². The van der Waals surface area contributed by atoms with Gasteiger partial charge < -0.3 is 29.1 Å². The molecule has 6 atom stereocenters. The van der Waals surface area contributed by atoms with Crippen LogP contribution >= 0.6 is 11.6 Å². The van der Waals surface area contributed by atoms with Crippen LogP contribution in [0.2, 0.25) is 5.02 Å². The third-order valence-corrected chi connectivity index (χ3v) is 12.1. The Balaban J connectivity index is 1.36. The fourth-order valence-electron chi connectivity index (χ4n) is 9.06. The number of nitrogens with zero attached hydrogens (tertiary/aromatic N) is 2. The summed E-state index contributed by atoms with van der Waals surface area (Å²) in [6.45, 7) is 2.55. The molecule has 0 radical (unpaired) electrons. The molecule has 3 aliphatic carbocycles. The Morgan fingerprint density at radius 2 is 1.98 bits per heavy atom. The molecule has 2 saturated carbocycles. The summed E-state index contributed by atoms with van der Waals surface area (Å²) in [7, 11) is 4.54. The van der Waals surface area contributed by atoms with Crippen molar-refractivity contribution < 1.29 is 28.9 Å². The lowest BCUT2D eigenvalue weighted by atomic mass is 9.68. The van der Waals surface area contributed by atoms with Crippen molar-refractivity contribution >= 4 is 29.2 Å². The number of carbonyl (C=O) groups is 2. The molecule has 2 aliphatic heterocycles. The number of fused-ring (bicyclic) bond motifs is 3. The average Bonchev–Trinajstić information content (AvgIpc) is 3.65. The van der Waals surface area contributed by atoms with Crippen LogP contribution in [0.1, 0.15) is 61.6 Å². The first-order chi connectivity index (χ1) is 22.1. The highest BCUT2D eigenvalue weighted by molar-refractivity contribution is 6.30. The summed E-state index contributed by atoms with van der Waals surface area (Å²) in [5, 5.41) is 12.1. The third-order valence-electron chi connectivity index (χ3n) is 11.8. The topological polar surface area (TPSA) is 88.5 Å². The number of hydrogen-bond donors (Lipinski definition) is 1. The number of amides is 1. The maximum Gasteiger partial charge on any atom is 0.343 e. The predicted molar refractivity (Wildman–Crippen MR) is 176 cm³/mol. The molecule has 8 nitrogen and oxygen atoms in total. The van der Waals surface area contributed by atoms with Crippen molar-refractivity contribution in [2.45, 2.75) is 68.5 Å². The van der Waals surface area contributed by atoms with Gasteiger partial charge in [0.2, 0.25) is 5.91 Å². The number of ether oxygens (including phenoxy) is 3. The average molecular weight is 649 g/mol. The van der Waals surface area contributed by atoms with E-state index in [4.69, 9.17) is 25.8 Å². The second-order valence-corrected chi connectivity index (χ2v) is 14.8. The molecular weight excluding hydrogens is 604 g/mol. The Morgan fingerprint density at radius 3 is 2.74 bits per heavy atom. The van der Waals surface area contributed by atoms with Gasteiger partial charge in [0, 0.05) is 44.2 Å². The number of rotatable bonds is 2. The number of esters is 1. The van der Waals surface area contributed by atoms with Gasteiger partial charge in [-0.15, -0.1) is 0 Å². The van der Waals surface area contributed by atoms with Gasteiger partial charge in [-0.05, 0) is 103 Å². The minimum atomic E-state index is -1.62. The molecule has 2 aromatic carbocycles. The summed E-state index contributed by atoms with van der Waals surface area (Å²) in [4.78, 5) is 31.2. The van der Waals surface area contributed by atoms with Crippen LogP contribution in [0.15, 0.2) is 48.6 Å². The molecule has 2 fully saturated rings. The molecule has 246 valence electrons. The first-order valence-electron chi connectivity index (χ1n) is 16.7. The highest BCUT2D eigenvalue weighted by Crippen LogP contribution is 2.72. The summed E-state index contributed by atoms with van der Waals surface area (Å²) in [6.07, 6.45) is 9.96. The third kappa shape index (κ3) is 5.12. The van der Waals surface area contributed by atoms with E-state index >= 15 is 0 Å². The van der Waals surface area contributed by atoms with E-state index in [2.05, 4.69) is 23.1 Å². The van der Waals surface area contributed by atoms with Crippen LogP contribution in [0.3, 0.4) is 0 Å². The van der Waals surface area contributed by atoms with E-state index in [-0.39, 0.29) is 29.1 Å². The normalized spacial score (nSPS) is 34.5. The number of carbonyl (C=O) groups excluding carboxylic acids is 2. The van der Waals surface area contributed by atoms with Crippen molar-refractivity contribution in [1.82, 2.24) is 4.90 Å². The van der Waals surface area contributed by atoms with E-state index in [1.807, 2.05) is 30.3 Å². The summed E-state index contributed by atoms with van der Waals surface area (Å²) >= 11 is 6.46. The van der Waals surface area contributed by atoms with E-state index in [1.54, 1.807) is 11.9 Å². The van der Waals surface area contributed by atoms with Gasteiger partial charge in [-0.2, -0.15) is 0 Å². The maximum absolute atomic E-state index is 13.6. The molecule has 5 aliphatic rings. The highest BCUT2D eigenvalue weighted by atomic mass is 35.5. The standard InChI is InChI=1S/C37H45ClN2O6/c1-39-15-6-4-5-9-31(41)29-17-26-19-36(26,29)22-40-21-35(14-7-8-24-16-27(38)11-12-28(24)35)23-46-32-13-10-25(18-30(32)40)37(45-3,20-33(39)42)34(43)44-2/h5,9-13,16,18,26,29,31,41H,4,6-8,14-15,17,19-23H2,1-3H3/b9-5+/t26?,29-,31-,35-,36?,37+/m0/s1. The number of benzene rings is 2. The van der Waals surface area contributed by atoms with Crippen molar-refractivity contribution in [2.75, 3.05) is 52.4 Å². The Hall–Kier alpha value is -3.07. The van der Waals surface area contributed by atoms with Crippen molar-refractivity contribution in [3.05, 3.63) is 70.3 Å². The number of anilines is 1. The Bertz CT molecular complexity index is 1560. The molecule has 2 spiro atoms. The number of methoxy groups -OCH3 is 2. The molecule has 0 saturated heterocycles. The first-order valence-corrected chi connectivity index (χ1v) is 17.1. The lowest BCUT2D eigenvalue weighted by molar-refractivity contribution is -0.172. The van der Waals surface area contributed by atoms with E-state index in [9.17, 15) is 14.7 Å². The molecule has 2 heterocycles. The highest BCUT2D eigenvalue weighted by Gasteiger charge is 2.69. The molecule has 1 amide bonds. The second kappa shape index (κ2) is 11.9. The van der Waals surface area contributed by atoms with Gasteiger partial charge in [0.1, 0.15) is 5.75 Å². The van der Waals surface area contributed by atoms with Gasteiger partial charge in [0.05, 0.1) is 31.9 Å². The summed E-state index contributed by atoms with van der Waals surface area (Å²) in [5.74, 6) is 0.689. The van der Waals surface area contributed by atoms with Crippen LogP contribution in [0.25, 0.3) is 0 Å². The Morgan fingerprint density at radius 1 is 1.13 bits per heavy atom. The summed E-state index contributed by atoms with van der Waals surface area (Å²) < 4.78 is 18.0. The van der Waals surface area contributed by atoms with Crippen molar-refractivity contribution in [1.29, 1.82) is 0 Å². The molecule has 7 rings (SSSR count). The van der Waals surface area contributed by atoms with Crippen molar-refractivity contribution in [3.8, 4) is 5.75 Å². The molecule has 2 bridgehead atoms. The van der Waals surface area contributed by atoms with Crippen LogP contribution in [0.5, 0.6) is 5.75 Å². The quantitative estimate of drug-likeness (QED) is 0.344. The fraction of sp³-hybridized carbons (Fsp3) is 0.568. The smallest absolute Gasteiger partial charge is 0.343 e. The molecular formula is C37H45ClN2O6. The summed E-state index contributed by atoms with van der Waals surface area (Å²) in [6, 6.07) is 12.0. The monoisotopic (exact) mass is 648 g/mol. The number of aryl methyl sites for hydroxylation is 1. The van der Waals surface area contributed by atoms with Crippen LogP contribution in [0, 0.1) is 17.3 Å². The fourth-order valence-corrected chi connectivity index (χ4v) is 9.26. The maximum atomic E-state index is 13.6. The second-order valence-electron chi connectivity index (χ2n) is 14.3. The largest absolute Gasteiger partial charge is 0.490 e. The van der Waals surface area contributed by atoms with Crippen molar-refractivity contribution in [3.63, 3.8) is 0 Å². The Kier molecular flexibility index (Phi) is 8.13. The van der Waals surface area contributed by atoms with Crippen LogP contribution < -0.4 is 9.64 Å². The number of hydrogen-bond acceptors (Lipinski definition) is 7. The SMILES string of the molecule is COC(=O)[C@@]1(OC)CC(=O)N(C)CCC/C=C/[C@H](O)[C@@H]2CC3CC32CN2C[C@@]3(CCCc4cc(Cl)ccc43)COc3ccc1cc32. The number of aliphatic hydroxyl groups excluding tert-OH is 1. The number of aliphatic hydroxyl groups is 1. The van der Waals surface area contributed by atoms with Gasteiger partial charge in [-0.25, -0.2) is 4.79 Å². The van der Waals surface area contributed by atoms with Crippen LogP contribution in [-0.2, 0) is 36.5 Å². The number of allylic oxidation sites excluding steroid dienone is 1. The molecule has 0 aromatic heterocycles. The predicted octanol–water partition coefficient (Wildman–Crippen LogP) is 5.41. The molecule has 9 heteroatoms. The van der Waals surface area contributed by atoms with Gasteiger partial charge >= 0.3 is 5.97 Å². The molecule has 1 N–H and O–H groups in total. The molecule has 46 heavy (non-hydrogen) atoms. The zero-order valence-corrected chi connectivity index (χ0v) is 27.9. The zero-order chi connectivity index (χ0) is 32.3. The lowest BCUT2D eigenvalue weighted by Crippen LogP contribution is -2.50. The van der Waals surface area contributed by atoms with Gasteiger partial charge in [0.25, 0.3) is 0 Å². The summed E-state index contributed by atoms with van der Waals surface area (Å²) in [5.41, 5.74) is 2.13. The first kappa shape index (κ1) is 31.5. The molecule has 2 unspecified atom stereocenters. The van der Waals surface area contributed by atoms with Crippen LogP contribution in [-0.4, -0.2) is 75.5 Å². The van der Waals surface area contributed by atoms with Crippen LogP contribution in [0.4, 0.5) is 5.69 Å². The lowest BCUT2D eigenvalue weighted by Gasteiger charge is -2.45. The number of halogens is 1. The van der Waals surface area contributed by atoms with Gasteiger partial charge in [-0.3, -0.25) is 4.79 Å². The van der Waals surface area contributed by atoms with Gasteiger partial charge in [-0.1, -0.05) is 35.9 Å². The van der Waals surface area contributed by atoms with E-state index in [0.717, 1.165) is 74.5 Å². The van der Waals surface area contributed by atoms with Gasteiger partial charge in [0.15, 0.2) is 5.60 Å².